The number of nitrogens with zero attached hydrogens (tertiary/aromatic N) is 3. The zero-order valence-corrected chi connectivity index (χ0v) is 33.4. The molecule has 1 heterocycles. The van der Waals surface area contributed by atoms with Crippen molar-refractivity contribution in [3.8, 4) is 28.7 Å². The minimum absolute atomic E-state index is 0. The van der Waals surface area contributed by atoms with Crippen molar-refractivity contribution in [3.05, 3.63) is 120 Å². The first-order valence-corrected chi connectivity index (χ1v) is 16.6. The zero-order valence-electron chi connectivity index (χ0n) is 29.6. The van der Waals surface area contributed by atoms with Crippen LogP contribution in [0.5, 0.6) is 23.0 Å². The van der Waals surface area contributed by atoms with Crippen LogP contribution in [0.4, 0.5) is 61.0 Å². The SMILES string of the molecule is Cc1c(C(F)(F)F)cnn(-c2cc(O)c(Cl)cc2F)c1=O.Cl.NNc1cc(O)c(Cl)cc1F.Nc1cc(O)c(Cl)cc1F.O=C(/C=N\Nc1cc(O)c(Cl)cc1F)C(F)(F)F. The molecule has 0 aliphatic heterocycles. The van der Waals surface area contributed by atoms with Crippen LogP contribution in [-0.4, -0.2) is 48.4 Å². The number of phenolic OH excluding ortho intramolecular Hbond substituents is 4. The molecule has 0 saturated carbocycles. The van der Waals surface area contributed by atoms with E-state index in [0.717, 1.165) is 55.5 Å². The number of anilines is 3. The number of hydrogen-bond acceptors (Lipinski definition) is 12. The van der Waals surface area contributed by atoms with Crippen molar-refractivity contribution < 1.29 is 69.1 Å². The Morgan fingerprint density at radius 3 is 1.62 bits per heavy atom. The molecule has 0 radical (unpaired) electrons. The number of benzene rings is 4. The normalized spacial score (nSPS) is 10.9. The predicted molar refractivity (Wildman–Crippen MR) is 208 cm³/mol. The maximum atomic E-state index is 13.7. The molecule has 4 aromatic carbocycles. The van der Waals surface area contributed by atoms with Gasteiger partial charge in [0.15, 0.2) is 5.82 Å². The highest BCUT2D eigenvalue weighted by Gasteiger charge is 2.37. The van der Waals surface area contributed by atoms with Gasteiger partial charge in [0.1, 0.15) is 46.1 Å². The van der Waals surface area contributed by atoms with Gasteiger partial charge in [-0.15, -0.1) is 12.4 Å². The molecular formula is C33H24Cl5F10N7O6. The highest BCUT2D eigenvalue weighted by Crippen LogP contribution is 2.33. The Bertz CT molecular complexity index is 2410. The summed E-state index contributed by atoms with van der Waals surface area (Å²) >= 11 is 21.6. The molecule has 0 aliphatic rings. The number of rotatable bonds is 5. The average Bonchev–Trinajstić information content (AvgIpc) is 3.14. The van der Waals surface area contributed by atoms with Crippen LogP contribution in [0, 0.1) is 30.2 Å². The second-order valence-corrected chi connectivity index (χ2v) is 12.6. The largest absolute Gasteiger partial charge is 0.506 e. The van der Waals surface area contributed by atoms with Crippen LogP contribution in [0.15, 0.2) is 64.6 Å². The predicted octanol–water partition coefficient (Wildman–Crippen LogP) is 9.43. The molecule has 5 rings (SSSR count). The summed E-state index contributed by atoms with van der Waals surface area (Å²) < 4.78 is 126. The fourth-order valence-corrected chi connectivity index (χ4v) is 4.35. The number of aromatic nitrogens is 2. The molecule has 0 aliphatic carbocycles. The van der Waals surface area contributed by atoms with Crippen molar-refractivity contribution in [1.82, 2.24) is 9.78 Å². The van der Waals surface area contributed by atoms with Crippen LogP contribution in [0.1, 0.15) is 11.1 Å². The molecule has 0 spiro atoms. The maximum absolute atomic E-state index is 13.7. The standard InChI is InChI=1S/C12H7ClF4N2O2.C9H5ClF4N2O2.C6H6ClFN2O.C6H5ClFNO.ClH/c1-5-6(12(15,16)17)4-18-19(11(5)21)9-3-10(20)7(13)2-8(9)14;10-4-1-5(11)6(2-7(4)17)16-15-3-8(18)9(12,13)14;7-3-1-4(8)5(10-9)2-6(3)11;7-3-1-4(8)5(9)2-6(3)10;/h2-4,20H,1H3;1-3,16-17H;1-2,10-11H,9H2;1-2,10H,9H2;1H/b;15-3-;;;. The first-order valence-electron chi connectivity index (χ1n) is 15.1. The molecule has 13 nitrogen and oxygen atoms in total. The van der Waals surface area contributed by atoms with Crippen molar-refractivity contribution in [2.45, 2.75) is 19.3 Å². The molecular weight excluding hydrogens is 958 g/mol. The van der Waals surface area contributed by atoms with E-state index in [1.165, 1.54) is 0 Å². The summed E-state index contributed by atoms with van der Waals surface area (Å²) in [6, 6.07) is 7.20. The van der Waals surface area contributed by atoms with Gasteiger partial charge in [-0.25, -0.2) is 17.6 Å². The summed E-state index contributed by atoms with van der Waals surface area (Å²) in [5.41, 5.74) is 4.99. The second kappa shape index (κ2) is 22.3. The lowest BCUT2D eigenvalue weighted by molar-refractivity contribution is -0.162. The Balaban J connectivity index is 0.000000422. The van der Waals surface area contributed by atoms with Crippen molar-refractivity contribution >= 4 is 87.9 Å². The summed E-state index contributed by atoms with van der Waals surface area (Å²) in [5.74, 6) is -1.89. The number of aromatic hydroxyl groups is 4. The van der Waals surface area contributed by atoms with Crippen LogP contribution in [0.25, 0.3) is 5.69 Å². The molecule has 28 heteroatoms. The molecule has 5 aromatic rings. The van der Waals surface area contributed by atoms with E-state index in [-0.39, 0.29) is 61.6 Å². The molecule has 0 atom stereocenters. The van der Waals surface area contributed by atoms with Crippen molar-refractivity contribution in [2.24, 2.45) is 10.9 Å². The first kappa shape index (κ1) is 53.4. The number of alkyl halides is 6. The summed E-state index contributed by atoms with van der Waals surface area (Å²) in [7, 11) is 0. The number of nitrogen functional groups attached to an aromatic ring is 2. The first-order chi connectivity index (χ1) is 27.6. The van der Waals surface area contributed by atoms with E-state index in [2.05, 4.69) is 15.6 Å². The van der Waals surface area contributed by atoms with Crippen molar-refractivity contribution in [3.63, 3.8) is 0 Å². The number of nitrogens with one attached hydrogen (secondary N) is 2. The smallest absolute Gasteiger partial charge is 0.455 e. The summed E-state index contributed by atoms with van der Waals surface area (Å²) in [5, 5.41) is 41.9. The van der Waals surface area contributed by atoms with Gasteiger partial charge in [0.2, 0.25) is 0 Å². The van der Waals surface area contributed by atoms with Gasteiger partial charge in [0, 0.05) is 29.8 Å². The number of hydrazine groups is 1. The van der Waals surface area contributed by atoms with Gasteiger partial charge in [-0.3, -0.25) is 20.9 Å². The van der Waals surface area contributed by atoms with Gasteiger partial charge >= 0.3 is 12.4 Å². The number of hydrazone groups is 1. The summed E-state index contributed by atoms with van der Waals surface area (Å²) in [4.78, 5) is 22.3. The number of Topliss-reactive ketones (excluding diaryl/α,β-unsaturated/α-hetero) is 1. The van der Waals surface area contributed by atoms with E-state index in [9.17, 15) is 58.6 Å². The minimum atomic E-state index is -5.05. The molecule has 0 bridgehead atoms. The highest BCUT2D eigenvalue weighted by atomic mass is 35.5. The third kappa shape index (κ3) is 15.1. The monoisotopic (exact) mass is 979 g/mol. The van der Waals surface area contributed by atoms with Crippen LogP contribution in [-0.2, 0) is 11.0 Å². The van der Waals surface area contributed by atoms with Gasteiger partial charge in [-0.05, 0) is 31.2 Å². The van der Waals surface area contributed by atoms with E-state index < -0.39 is 81.0 Å². The Kier molecular flexibility index (Phi) is 19.5. The topological polar surface area (TPSA) is 221 Å². The zero-order chi connectivity index (χ0) is 46.0. The number of carbonyl (C=O) groups excluding carboxylic acids is 1. The molecule has 1 aromatic heterocycles. The van der Waals surface area contributed by atoms with E-state index in [4.69, 9.17) is 73.3 Å². The van der Waals surface area contributed by atoms with Crippen molar-refractivity contribution in [2.75, 3.05) is 16.6 Å². The Morgan fingerprint density at radius 2 is 1.16 bits per heavy atom. The molecule has 0 amide bonds. The lowest BCUT2D eigenvalue weighted by Crippen LogP contribution is -2.27. The quantitative estimate of drug-likeness (QED) is 0.0272. The van der Waals surface area contributed by atoms with Crippen LogP contribution in [0.3, 0.4) is 0 Å². The number of phenols is 4. The third-order valence-electron chi connectivity index (χ3n) is 6.71. The minimum Gasteiger partial charge on any atom is -0.506 e. The number of nitrogens with two attached hydrogens (primary N) is 2. The third-order valence-corrected chi connectivity index (χ3v) is 7.92. The number of hydrogen-bond donors (Lipinski definition) is 8. The lowest BCUT2D eigenvalue weighted by Gasteiger charge is -2.12. The Hall–Kier alpha value is -5.59. The molecule has 0 unspecified atom stereocenters. The fraction of sp³-hybridized carbons (Fsp3) is 0.0909. The van der Waals surface area contributed by atoms with Gasteiger partial charge in [-0.2, -0.15) is 41.2 Å². The van der Waals surface area contributed by atoms with E-state index in [0.29, 0.717) is 10.9 Å². The van der Waals surface area contributed by atoms with Crippen LogP contribution in [0.2, 0.25) is 20.1 Å². The van der Waals surface area contributed by atoms with Gasteiger partial charge in [-0.1, -0.05) is 46.4 Å². The summed E-state index contributed by atoms with van der Waals surface area (Å²) in [6.07, 6.45) is -9.42. The van der Waals surface area contributed by atoms with Gasteiger partial charge in [0.05, 0.1) is 55.1 Å². The Labute approximate surface area is 360 Å². The van der Waals surface area contributed by atoms with E-state index in [1.54, 1.807) is 0 Å². The number of carbonyl (C=O) groups is 1. The van der Waals surface area contributed by atoms with E-state index >= 15 is 0 Å². The lowest BCUT2D eigenvalue weighted by atomic mass is 10.2. The fourth-order valence-electron chi connectivity index (χ4n) is 3.74. The molecule has 0 saturated heterocycles. The van der Waals surface area contributed by atoms with Crippen LogP contribution >= 0.6 is 58.8 Å². The van der Waals surface area contributed by atoms with Gasteiger partial charge in [0.25, 0.3) is 11.3 Å². The Morgan fingerprint density at radius 1 is 0.738 bits per heavy atom. The second-order valence-electron chi connectivity index (χ2n) is 10.9. The van der Waals surface area contributed by atoms with Gasteiger partial charge < -0.3 is 31.6 Å². The van der Waals surface area contributed by atoms with E-state index in [1.807, 2.05) is 5.43 Å². The number of halogens is 15. The van der Waals surface area contributed by atoms with Crippen molar-refractivity contribution in [1.29, 1.82) is 0 Å². The van der Waals surface area contributed by atoms with Crippen LogP contribution < -0.4 is 28.0 Å². The molecule has 10 N–H and O–H groups in total. The number of ketones is 1. The maximum Gasteiger partial charge on any atom is 0.455 e. The molecule has 0 fully saturated rings. The highest BCUT2D eigenvalue weighted by molar-refractivity contribution is 6.33. The summed E-state index contributed by atoms with van der Waals surface area (Å²) in [6.45, 7) is 0.955. The molecule has 332 valence electrons. The molecule has 61 heavy (non-hydrogen) atoms. The average molecular weight is 982 g/mol.